The van der Waals surface area contributed by atoms with Crippen molar-refractivity contribution in [2.45, 2.75) is 51.9 Å². The number of carbonyl (C=O) groups excluding carboxylic acids is 1. The molecule has 0 aromatic carbocycles. The van der Waals surface area contributed by atoms with Crippen LogP contribution < -0.4 is 5.32 Å². The van der Waals surface area contributed by atoms with E-state index in [2.05, 4.69) is 22.0 Å². The number of nitrogens with zero attached hydrogens (tertiary/aromatic N) is 2. The lowest BCUT2D eigenvalue weighted by molar-refractivity contribution is -0.132. The fraction of sp³-hybridized carbons (Fsp3) is 0.944. The summed E-state index contributed by atoms with van der Waals surface area (Å²) in [5, 5.41) is 3.49. The van der Waals surface area contributed by atoms with Crippen LogP contribution in [0.25, 0.3) is 0 Å². The predicted molar refractivity (Wildman–Crippen MR) is 97.1 cm³/mol. The van der Waals surface area contributed by atoms with Crippen LogP contribution in [0.3, 0.4) is 0 Å². The minimum absolute atomic E-state index is 0. The van der Waals surface area contributed by atoms with Gasteiger partial charge in [-0.1, -0.05) is 19.8 Å². The number of nitrogens with one attached hydrogen (secondary N) is 1. The molecule has 0 aromatic heterocycles. The number of rotatable bonds is 4. The molecule has 2 heterocycles. The van der Waals surface area contributed by atoms with Crippen molar-refractivity contribution in [1.29, 1.82) is 0 Å². The number of carbonyl (C=O) groups is 1. The third-order valence-electron chi connectivity index (χ3n) is 5.94. The van der Waals surface area contributed by atoms with E-state index < -0.39 is 0 Å². The molecule has 1 amide bonds. The molecular weight excluding hydrogens is 310 g/mol. The number of halogens is 1. The summed E-state index contributed by atoms with van der Waals surface area (Å²) >= 11 is 0. The van der Waals surface area contributed by atoms with Crippen LogP contribution in [-0.4, -0.2) is 61.5 Å². The highest BCUT2D eigenvalue weighted by molar-refractivity contribution is 5.85. The Hall–Kier alpha value is -0.320. The van der Waals surface area contributed by atoms with Gasteiger partial charge in [-0.25, -0.2) is 0 Å². The molecule has 1 aliphatic carbocycles. The van der Waals surface area contributed by atoms with Crippen LogP contribution in [0.2, 0.25) is 0 Å². The molecule has 0 spiro atoms. The van der Waals surface area contributed by atoms with E-state index in [1.54, 1.807) is 0 Å². The summed E-state index contributed by atoms with van der Waals surface area (Å²) in [4.78, 5) is 17.3. The molecule has 4 nitrogen and oxygen atoms in total. The lowest BCUT2D eigenvalue weighted by Gasteiger charge is -2.31. The molecule has 0 bridgehead atoms. The third kappa shape index (κ3) is 5.33. The minimum atomic E-state index is 0. The Morgan fingerprint density at radius 2 is 1.91 bits per heavy atom. The Labute approximate surface area is 147 Å². The van der Waals surface area contributed by atoms with Gasteiger partial charge in [0.15, 0.2) is 0 Å². The van der Waals surface area contributed by atoms with Crippen LogP contribution in [-0.2, 0) is 4.79 Å². The molecule has 3 aliphatic rings. The summed E-state index contributed by atoms with van der Waals surface area (Å²) < 4.78 is 0. The van der Waals surface area contributed by atoms with Crippen LogP contribution in [0.1, 0.15) is 51.9 Å². The van der Waals surface area contributed by atoms with Crippen molar-refractivity contribution in [2.75, 3.05) is 45.8 Å². The normalized spacial score (nSPS) is 30.2. The second-order valence-corrected chi connectivity index (χ2v) is 8.10. The number of hydrogen-bond donors (Lipinski definition) is 1. The van der Waals surface area contributed by atoms with Gasteiger partial charge in [-0.3, -0.25) is 4.79 Å². The van der Waals surface area contributed by atoms with E-state index in [0.29, 0.717) is 17.2 Å². The second-order valence-electron chi connectivity index (χ2n) is 8.10. The molecular formula is C18H34ClN3O. The van der Waals surface area contributed by atoms with Gasteiger partial charge in [-0.2, -0.15) is 0 Å². The van der Waals surface area contributed by atoms with E-state index in [4.69, 9.17) is 0 Å². The van der Waals surface area contributed by atoms with Crippen molar-refractivity contribution >= 4 is 18.3 Å². The van der Waals surface area contributed by atoms with E-state index in [1.165, 1.54) is 38.6 Å². The Morgan fingerprint density at radius 1 is 1.13 bits per heavy atom. The topological polar surface area (TPSA) is 35.6 Å². The van der Waals surface area contributed by atoms with E-state index >= 15 is 0 Å². The quantitative estimate of drug-likeness (QED) is 0.852. The Bertz CT molecular complexity index is 378. The maximum atomic E-state index is 12.5. The lowest BCUT2D eigenvalue weighted by atomic mass is 9.89. The molecule has 2 saturated heterocycles. The van der Waals surface area contributed by atoms with Gasteiger partial charge in [-0.05, 0) is 50.1 Å². The van der Waals surface area contributed by atoms with Crippen molar-refractivity contribution < 1.29 is 4.79 Å². The van der Waals surface area contributed by atoms with Gasteiger partial charge in [0.05, 0.1) is 0 Å². The zero-order valence-corrected chi connectivity index (χ0v) is 15.5. The van der Waals surface area contributed by atoms with Gasteiger partial charge in [0.1, 0.15) is 0 Å². The van der Waals surface area contributed by atoms with Crippen molar-refractivity contribution in [2.24, 2.45) is 11.3 Å². The average molecular weight is 344 g/mol. The first-order chi connectivity index (χ1) is 10.6. The fourth-order valence-electron chi connectivity index (χ4n) is 4.51. The molecule has 5 heteroatoms. The first-order valence-electron chi connectivity index (χ1n) is 9.35. The van der Waals surface area contributed by atoms with Crippen LogP contribution in [0.15, 0.2) is 0 Å². The molecule has 134 valence electrons. The van der Waals surface area contributed by atoms with Gasteiger partial charge >= 0.3 is 0 Å². The summed E-state index contributed by atoms with van der Waals surface area (Å²) in [6.07, 6.45) is 8.44. The second kappa shape index (κ2) is 8.68. The summed E-state index contributed by atoms with van der Waals surface area (Å²) in [6, 6.07) is 0. The Morgan fingerprint density at radius 3 is 2.61 bits per heavy atom. The van der Waals surface area contributed by atoms with Gasteiger partial charge in [0.25, 0.3) is 0 Å². The van der Waals surface area contributed by atoms with E-state index in [9.17, 15) is 4.79 Å². The van der Waals surface area contributed by atoms with Crippen LogP contribution >= 0.6 is 12.4 Å². The highest BCUT2D eigenvalue weighted by Crippen LogP contribution is 2.29. The van der Waals surface area contributed by atoms with E-state index in [-0.39, 0.29) is 12.4 Å². The fourth-order valence-corrected chi connectivity index (χ4v) is 4.51. The molecule has 0 radical (unpaired) electrons. The Kier molecular flexibility index (Phi) is 7.18. The molecule has 0 aromatic rings. The third-order valence-corrected chi connectivity index (χ3v) is 5.94. The smallest absolute Gasteiger partial charge is 0.222 e. The van der Waals surface area contributed by atoms with Crippen LogP contribution in [0, 0.1) is 11.3 Å². The molecule has 2 aliphatic heterocycles. The highest BCUT2D eigenvalue weighted by atomic mass is 35.5. The van der Waals surface area contributed by atoms with Crippen molar-refractivity contribution in [3.05, 3.63) is 0 Å². The minimum Gasteiger partial charge on any atom is -0.341 e. The lowest BCUT2D eigenvalue weighted by Crippen LogP contribution is -2.40. The molecule has 3 rings (SSSR count). The number of amides is 1. The Balaban J connectivity index is 0.00000192. The maximum Gasteiger partial charge on any atom is 0.222 e. The molecule has 1 saturated carbocycles. The predicted octanol–water partition coefficient (Wildman–Crippen LogP) is 2.52. The van der Waals surface area contributed by atoms with Crippen molar-refractivity contribution in [1.82, 2.24) is 15.1 Å². The average Bonchev–Trinajstić information content (AvgIpc) is 3.08. The van der Waals surface area contributed by atoms with Crippen LogP contribution in [0.5, 0.6) is 0 Å². The first kappa shape index (κ1) is 19.0. The van der Waals surface area contributed by atoms with Crippen molar-refractivity contribution in [3.63, 3.8) is 0 Å². The summed E-state index contributed by atoms with van der Waals surface area (Å²) in [5.74, 6) is 1.10. The summed E-state index contributed by atoms with van der Waals surface area (Å²) in [7, 11) is 0. The van der Waals surface area contributed by atoms with Gasteiger partial charge in [0.2, 0.25) is 5.91 Å². The van der Waals surface area contributed by atoms with Gasteiger partial charge in [0, 0.05) is 39.1 Å². The van der Waals surface area contributed by atoms with Crippen molar-refractivity contribution in [3.8, 4) is 0 Å². The van der Waals surface area contributed by atoms with Gasteiger partial charge < -0.3 is 15.1 Å². The molecule has 1 N–H and O–H groups in total. The van der Waals surface area contributed by atoms with E-state index in [0.717, 1.165) is 52.1 Å². The first-order valence-corrected chi connectivity index (χ1v) is 9.35. The summed E-state index contributed by atoms with van der Waals surface area (Å²) in [6.45, 7) is 10.0. The standard InChI is InChI=1S/C18H33N3O.ClH/c1-18(7-8-19-14-18)15-20-9-4-10-21(12-11-20)17(22)13-16-5-2-3-6-16;/h16,19H,2-15H2,1H3;1H. The maximum absolute atomic E-state index is 12.5. The SMILES string of the molecule is CC1(CN2CCCN(C(=O)CC3CCCC3)CC2)CCNC1.Cl. The zero-order chi connectivity index (χ0) is 15.4. The van der Waals surface area contributed by atoms with E-state index in [1.807, 2.05) is 0 Å². The van der Waals surface area contributed by atoms with Crippen LogP contribution in [0.4, 0.5) is 0 Å². The summed E-state index contributed by atoms with van der Waals surface area (Å²) in [5.41, 5.74) is 0.434. The molecule has 1 unspecified atom stereocenters. The molecule has 23 heavy (non-hydrogen) atoms. The van der Waals surface area contributed by atoms with Gasteiger partial charge in [-0.15, -0.1) is 12.4 Å². The highest BCUT2D eigenvalue weighted by Gasteiger charge is 2.31. The monoisotopic (exact) mass is 343 g/mol. The molecule has 3 fully saturated rings. The zero-order valence-electron chi connectivity index (χ0n) is 14.7. The molecule has 1 atom stereocenters. The number of hydrogen-bond acceptors (Lipinski definition) is 3. The largest absolute Gasteiger partial charge is 0.341 e.